The van der Waals surface area contributed by atoms with Gasteiger partial charge in [0.15, 0.2) is 0 Å². The SMILES string of the molecule is CC(Cc1ccc(Br)cc1)NCC1CN(C)CCO1. The molecule has 0 aliphatic carbocycles. The summed E-state index contributed by atoms with van der Waals surface area (Å²) in [6.07, 6.45) is 1.38. The molecule has 1 heterocycles. The van der Waals surface area contributed by atoms with Crippen molar-refractivity contribution in [2.45, 2.75) is 25.5 Å². The zero-order valence-corrected chi connectivity index (χ0v) is 13.3. The number of nitrogens with zero attached hydrogens (tertiary/aromatic N) is 1. The van der Waals surface area contributed by atoms with Crippen molar-refractivity contribution in [3.63, 3.8) is 0 Å². The van der Waals surface area contributed by atoms with Gasteiger partial charge in [-0.2, -0.15) is 0 Å². The highest BCUT2D eigenvalue weighted by molar-refractivity contribution is 9.10. The zero-order valence-electron chi connectivity index (χ0n) is 11.7. The first-order valence-corrected chi connectivity index (χ1v) is 7.71. The van der Waals surface area contributed by atoms with Gasteiger partial charge in [-0.3, -0.25) is 0 Å². The minimum absolute atomic E-state index is 0.325. The number of benzene rings is 1. The highest BCUT2D eigenvalue weighted by Gasteiger charge is 2.17. The lowest BCUT2D eigenvalue weighted by Crippen LogP contribution is -2.46. The predicted molar refractivity (Wildman–Crippen MR) is 82.5 cm³/mol. The van der Waals surface area contributed by atoms with E-state index in [1.807, 2.05) is 0 Å². The van der Waals surface area contributed by atoms with Crippen LogP contribution in [0.5, 0.6) is 0 Å². The van der Waals surface area contributed by atoms with Crippen molar-refractivity contribution in [3.05, 3.63) is 34.3 Å². The molecule has 1 aromatic rings. The Hall–Kier alpha value is -0.420. The molecular weight excluding hydrogens is 304 g/mol. The molecule has 0 saturated carbocycles. The largest absolute Gasteiger partial charge is 0.374 e. The molecule has 0 bridgehead atoms. The van der Waals surface area contributed by atoms with Crippen LogP contribution in [-0.2, 0) is 11.2 Å². The monoisotopic (exact) mass is 326 g/mol. The molecule has 0 spiro atoms. The Morgan fingerprint density at radius 1 is 1.42 bits per heavy atom. The van der Waals surface area contributed by atoms with Crippen LogP contribution >= 0.6 is 15.9 Å². The van der Waals surface area contributed by atoms with Gasteiger partial charge in [0.2, 0.25) is 0 Å². The van der Waals surface area contributed by atoms with Crippen molar-refractivity contribution < 1.29 is 4.74 Å². The molecule has 1 aliphatic rings. The molecule has 19 heavy (non-hydrogen) atoms. The number of hydrogen-bond donors (Lipinski definition) is 1. The van der Waals surface area contributed by atoms with E-state index in [9.17, 15) is 0 Å². The van der Waals surface area contributed by atoms with Crippen LogP contribution in [0.15, 0.2) is 28.7 Å². The van der Waals surface area contributed by atoms with Gasteiger partial charge in [-0.1, -0.05) is 28.1 Å². The van der Waals surface area contributed by atoms with Gasteiger partial charge in [0.1, 0.15) is 0 Å². The minimum Gasteiger partial charge on any atom is -0.374 e. The fourth-order valence-electron chi connectivity index (χ4n) is 2.37. The van der Waals surface area contributed by atoms with Crippen LogP contribution in [0.1, 0.15) is 12.5 Å². The first-order valence-electron chi connectivity index (χ1n) is 6.91. The fraction of sp³-hybridized carbons (Fsp3) is 0.600. The number of hydrogen-bond acceptors (Lipinski definition) is 3. The van der Waals surface area contributed by atoms with Gasteiger partial charge in [0, 0.05) is 30.1 Å². The van der Waals surface area contributed by atoms with Crippen molar-refractivity contribution in [2.75, 3.05) is 33.3 Å². The molecule has 1 aliphatic heterocycles. The topological polar surface area (TPSA) is 24.5 Å². The zero-order chi connectivity index (χ0) is 13.7. The van der Waals surface area contributed by atoms with E-state index in [2.05, 4.69) is 64.4 Å². The minimum atomic E-state index is 0.325. The van der Waals surface area contributed by atoms with E-state index in [0.29, 0.717) is 12.1 Å². The Labute approximate surface area is 124 Å². The van der Waals surface area contributed by atoms with Crippen LogP contribution in [0.25, 0.3) is 0 Å². The molecule has 0 radical (unpaired) electrons. The summed E-state index contributed by atoms with van der Waals surface area (Å²) in [4.78, 5) is 2.33. The van der Waals surface area contributed by atoms with Gasteiger partial charge in [0.05, 0.1) is 12.7 Å². The third-order valence-corrected chi connectivity index (χ3v) is 4.02. The molecular formula is C15H23BrN2O. The molecule has 1 aromatic carbocycles. The normalized spacial score (nSPS) is 22.4. The summed E-state index contributed by atoms with van der Waals surface area (Å²) in [5.74, 6) is 0. The Morgan fingerprint density at radius 2 is 2.16 bits per heavy atom. The molecule has 1 N–H and O–H groups in total. The highest BCUT2D eigenvalue weighted by atomic mass is 79.9. The van der Waals surface area contributed by atoms with Crippen LogP contribution in [0.3, 0.4) is 0 Å². The number of ether oxygens (including phenoxy) is 1. The Balaban J connectivity index is 1.72. The van der Waals surface area contributed by atoms with Gasteiger partial charge < -0.3 is 15.0 Å². The van der Waals surface area contributed by atoms with Gasteiger partial charge in [-0.25, -0.2) is 0 Å². The second-order valence-electron chi connectivity index (χ2n) is 5.39. The summed E-state index contributed by atoms with van der Waals surface area (Å²) in [5.41, 5.74) is 1.37. The molecule has 4 heteroatoms. The molecule has 2 unspecified atom stereocenters. The lowest BCUT2D eigenvalue weighted by Gasteiger charge is -2.31. The lowest BCUT2D eigenvalue weighted by molar-refractivity contribution is -0.0190. The molecule has 2 rings (SSSR count). The van der Waals surface area contributed by atoms with Crippen LogP contribution in [0.2, 0.25) is 0 Å². The van der Waals surface area contributed by atoms with Crippen molar-refractivity contribution in [2.24, 2.45) is 0 Å². The number of nitrogens with one attached hydrogen (secondary N) is 1. The molecule has 0 aromatic heterocycles. The van der Waals surface area contributed by atoms with Crippen LogP contribution in [0.4, 0.5) is 0 Å². The molecule has 106 valence electrons. The van der Waals surface area contributed by atoms with Gasteiger partial charge in [-0.15, -0.1) is 0 Å². The van der Waals surface area contributed by atoms with Crippen LogP contribution in [-0.4, -0.2) is 50.3 Å². The van der Waals surface area contributed by atoms with E-state index < -0.39 is 0 Å². The first-order chi connectivity index (χ1) is 9.13. The smallest absolute Gasteiger partial charge is 0.0826 e. The molecule has 3 nitrogen and oxygen atoms in total. The Morgan fingerprint density at radius 3 is 2.84 bits per heavy atom. The summed E-state index contributed by atoms with van der Waals surface area (Å²) < 4.78 is 6.89. The van der Waals surface area contributed by atoms with E-state index in [1.165, 1.54) is 5.56 Å². The number of rotatable bonds is 5. The highest BCUT2D eigenvalue weighted by Crippen LogP contribution is 2.12. The first kappa shape index (κ1) is 15.0. The fourth-order valence-corrected chi connectivity index (χ4v) is 2.63. The summed E-state index contributed by atoms with van der Waals surface area (Å²) in [5, 5.41) is 3.57. The Kier molecular flexibility index (Phi) is 5.82. The molecule has 2 atom stereocenters. The number of likely N-dealkylation sites (N-methyl/N-ethyl adjacent to an activating group) is 1. The third kappa shape index (κ3) is 5.22. The van der Waals surface area contributed by atoms with Crippen molar-refractivity contribution >= 4 is 15.9 Å². The average molecular weight is 327 g/mol. The molecule has 1 saturated heterocycles. The standard InChI is InChI=1S/C15H23BrN2O/c1-12(9-13-3-5-14(16)6-4-13)17-10-15-11-18(2)7-8-19-15/h3-6,12,15,17H,7-11H2,1-2H3. The van der Waals surface area contributed by atoms with E-state index >= 15 is 0 Å². The number of morpholine rings is 1. The third-order valence-electron chi connectivity index (χ3n) is 3.49. The summed E-state index contributed by atoms with van der Waals surface area (Å²) >= 11 is 3.46. The maximum absolute atomic E-state index is 5.75. The summed E-state index contributed by atoms with van der Waals surface area (Å²) in [6.45, 7) is 6.09. The van der Waals surface area contributed by atoms with Gasteiger partial charge in [-0.05, 0) is 38.1 Å². The van der Waals surface area contributed by atoms with Crippen molar-refractivity contribution in [3.8, 4) is 0 Å². The molecule has 0 amide bonds. The number of halogens is 1. The van der Waals surface area contributed by atoms with E-state index in [-0.39, 0.29) is 0 Å². The Bertz CT molecular complexity index is 382. The van der Waals surface area contributed by atoms with Crippen LogP contribution in [0, 0.1) is 0 Å². The van der Waals surface area contributed by atoms with E-state index in [4.69, 9.17) is 4.74 Å². The summed E-state index contributed by atoms with van der Waals surface area (Å²) in [6, 6.07) is 9.01. The second-order valence-corrected chi connectivity index (χ2v) is 6.31. The molecule has 1 fully saturated rings. The maximum Gasteiger partial charge on any atom is 0.0826 e. The van der Waals surface area contributed by atoms with Crippen molar-refractivity contribution in [1.82, 2.24) is 10.2 Å². The quantitative estimate of drug-likeness (QED) is 0.898. The summed E-state index contributed by atoms with van der Waals surface area (Å²) in [7, 11) is 2.15. The predicted octanol–water partition coefficient (Wildman–Crippen LogP) is 2.30. The lowest BCUT2D eigenvalue weighted by atomic mass is 10.1. The second kappa shape index (κ2) is 7.39. The van der Waals surface area contributed by atoms with E-state index in [1.54, 1.807) is 0 Å². The van der Waals surface area contributed by atoms with Gasteiger partial charge in [0.25, 0.3) is 0 Å². The van der Waals surface area contributed by atoms with Gasteiger partial charge >= 0.3 is 0 Å². The van der Waals surface area contributed by atoms with Crippen LogP contribution < -0.4 is 5.32 Å². The average Bonchev–Trinajstić information content (AvgIpc) is 2.39. The maximum atomic E-state index is 5.75. The van der Waals surface area contributed by atoms with E-state index in [0.717, 1.165) is 37.1 Å². The van der Waals surface area contributed by atoms with Crippen molar-refractivity contribution in [1.29, 1.82) is 0 Å².